The standard InChI is InChI=1S/C18H24N4O3S/c1-14-5-6-16(13-15(14)2)22-18(23)8-7-17(19-22)20-9-4-10-21(12-11-20)26(3,24)25/h5-8,13H,4,9-12H2,1-3H3. The van der Waals surface area contributed by atoms with Crippen molar-refractivity contribution in [1.82, 2.24) is 14.1 Å². The summed E-state index contributed by atoms with van der Waals surface area (Å²) in [6, 6.07) is 9.02. The molecule has 0 saturated carbocycles. The Morgan fingerprint density at radius 3 is 2.42 bits per heavy atom. The number of aryl methyl sites for hydroxylation is 2. The zero-order valence-electron chi connectivity index (χ0n) is 15.3. The van der Waals surface area contributed by atoms with Crippen LogP contribution in [0, 0.1) is 13.8 Å². The van der Waals surface area contributed by atoms with Gasteiger partial charge in [0.15, 0.2) is 0 Å². The van der Waals surface area contributed by atoms with E-state index in [0.29, 0.717) is 32.0 Å². The average Bonchev–Trinajstić information content (AvgIpc) is 2.84. The van der Waals surface area contributed by atoms with E-state index in [0.717, 1.165) is 23.2 Å². The molecule has 0 radical (unpaired) electrons. The van der Waals surface area contributed by atoms with E-state index in [1.54, 1.807) is 6.07 Å². The summed E-state index contributed by atoms with van der Waals surface area (Å²) in [5, 5.41) is 4.53. The monoisotopic (exact) mass is 376 g/mol. The van der Waals surface area contributed by atoms with Crippen LogP contribution in [0.3, 0.4) is 0 Å². The van der Waals surface area contributed by atoms with E-state index in [-0.39, 0.29) is 5.56 Å². The summed E-state index contributed by atoms with van der Waals surface area (Å²) in [5.41, 5.74) is 2.80. The molecular weight excluding hydrogens is 352 g/mol. The molecule has 0 atom stereocenters. The van der Waals surface area contributed by atoms with E-state index in [1.165, 1.54) is 21.3 Å². The minimum atomic E-state index is -3.19. The molecule has 0 aliphatic carbocycles. The first-order valence-electron chi connectivity index (χ1n) is 8.64. The van der Waals surface area contributed by atoms with Crippen molar-refractivity contribution in [2.24, 2.45) is 0 Å². The van der Waals surface area contributed by atoms with Gasteiger partial charge >= 0.3 is 0 Å². The van der Waals surface area contributed by atoms with E-state index < -0.39 is 10.0 Å². The first-order valence-corrected chi connectivity index (χ1v) is 10.5. The Balaban J connectivity index is 1.90. The molecule has 2 aromatic rings. The van der Waals surface area contributed by atoms with E-state index in [4.69, 9.17) is 0 Å². The second-order valence-electron chi connectivity index (χ2n) is 6.71. The zero-order valence-corrected chi connectivity index (χ0v) is 16.2. The van der Waals surface area contributed by atoms with Crippen LogP contribution in [0.5, 0.6) is 0 Å². The molecule has 0 unspecified atom stereocenters. The fourth-order valence-electron chi connectivity index (χ4n) is 3.07. The lowest BCUT2D eigenvalue weighted by molar-refractivity contribution is 0.437. The summed E-state index contributed by atoms with van der Waals surface area (Å²) in [4.78, 5) is 14.3. The molecule has 26 heavy (non-hydrogen) atoms. The van der Waals surface area contributed by atoms with E-state index in [9.17, 15) is 13.2 Å². The molecule has 3 rings (SSSR count). The van der Waals surface area contributed by atoms with Crippen molar-refractivity contribution in [2.45, 2.75) is 20.3 Å². The summed E-state index contributed by atoms with van der Waals surface area (Å²) in [6.07, 6.45) is 1.96. The van der Waals surface area contributed by atoms with Gasteiger partial charge in [-0.2, -0.15) is 4.68 Å². The first kappa shape index (κ1) is 18.6. The number of hydrogen-bond donors (Lipinski definition) is 0. The van der Waals surface area contributed by atoms with Crippen LogP contribution < -0.4 is 10.5 Å². The van der Waals surface area contributed by atoms with E-state index in [1.807, 2.05) is 36.9 Å². The van der Waals surface area contributed by atoms with Crippen molar-refractivity contribution in [3.8, 4) is 5.69 Å². The fourth-order valence-corrected chi connectivity index (χ4v) is 3.94. The Morgan fingerprint density at radius 2 is 1.73 bits per heavy atom. The number of benzene rings is 1. The molecule has 1 aliphatic heterocycles. The van der Waals surface area contributed by atoms with Gasteiger partial charge < -0.3 is 4.90 Å². The summed E-state index contributed by atoms with van der Waals surface area (Å²) in [5.74, 6) is 0.679. The second kappa shape index (κ2) is 7.20. The van der Waals surface area contributed by atoms with Crippen molar-refractivity contribution in [1.29, 1.82) is 0 Å². The number of rotatable bonds is 3. The minimum Gasteiger partial charge on any atom is -0.354 e. The van der Waals surface area contributed by atoms with Gasteiger partial charge in [-0.3, -0.25) is 4.79 Å². The molecule has 1 aromatic heterocycles. The molecule has 1 fully saturated rings. The third-order valence-electron chi connectivity index (χ3n) is 4.77. The highest BCUT2D eigenvalue weighted by Gasteiger charge is 2.22. The summed E-state index contributed by atoms with van der Waals surface area (Å²) >= 11 is 0. The van der Waals surface area contributed by atoms with Gasteiger partial charge in [-0.05, 0) is 49.6 Å². The number of anilines is 1. The highest BCUT2D eigenvalue weighted by molar-refractivity contribution is 7.88. The molecule has 0 bridgehead atoms. The number of aromatic nitrogens is 2. The van der Waals surface area contributed by atoms with Crippen LogP contribution in [0.4, 0.5) is 5.82 Å². The third-order valence-corrected chi connectivity index (χ3v) is 6.07. The smallest absolute Gasteiger partial charge is 0.271 e. The fraction of sp³-hybridized carbons (Fsp3) is 0.444. The number of nitrogens with zero attached hydrogens (tertiary/aromatic N) is 4. The quantitative estimate of drug-likeness (QED) is 0.808. The molecule has 1 aliphatic rings. The van der Waals surface area contributed by atoms with Crippen LogP contribution in [0.2, 0.25) is 0 Å². The van der Waals surface area contributed by atoms with Gasteiger partial charge in [0.25, 0.3) is 5.56 Å². The van der Waals surface area contributed by atoms with Gasteiger partial charge in [-0.25, -0.2) is 12.7 Å². The van der Waals surface area contributed by atoms with Crippen molar-refractivity contribution in [3.05, 3.63) is 51.8 Å². The Kier molecular flexibility index (Phi) is 5.15. The van der Waals surface area contributed by atoms with Crippen LogP contribution in [0.25, 0.3) is 5.69 Å². The number of hydrogen-bond acceptors (Lipinski definition) is 5. The molecule has 2 heterocycles. The lowest BCUT2D eigenvalue weighted by atomic mass is 10.1. The predicted molar refractivity (Wildman–Crippen MR) is 103 cm³/mol. The van der Waals surface area contributed by atoms with Crippen LogP contribution >= 0.6 is 0 Å². The molecule has 1 aromatic carbocycles. The molecule has 1 saturated heterocycles. The summed E-state index contributed by atoms with van der Waals surface area (Å²) < 4.78 is 26.4. The lowest BCUT2D eigenvalue weighted by Gasteiger charge is -2.22. The van der Waals surface area contributed by atoms with Crippen molar-refractivity contribution in [3.63, 3.8) is 0 Å². The third kappa shape index (κ3) is 3.96. The lowest BCUT2D eigenvalue weighted by Crippen LogP contribution is -2.35. The minimum absolute atomic E-state index is 0.190. The Labute approximate surface area is 153 Å². The molecule has 7 nitrogen and oxygen atoms in total. The maximum atomic E-state index is 12.3. The van der Waals surface area contributed by atoms with Crippen molar-refractivity contribution >= 4 is 15.8 Å². The Morgan fingerprint density at radius 1 is 0.962 bits per heavy atom. The predicted octanol–water partition coefficient (Wildman–Crippen LogP) is 1.32. The number of sulfonamides is 1. The zero-order chi connectivity index (χ0) is 18.9. The maximum Gasteiger partial charge on any atom is 0.271 e. The average molecular weight is 376 g/mol. The van der Waals surface area contributed by atoms with Gasteiger partial charge in [0, 0.05) is 32.2 Å². The normalized spacial score (nSPS) is 16.5. The van der Waals surface area contributed by atoms with Gasteiger partial charge in [0.1, 0.15) is 5.82 Å². The van der Waals surface area contributed by atoms with Crippen LogP contribution in [0.15, 0.2) is 35.1 Å². The van der Waals surface area contributed by atoms with Crippen LogP contribution in [-0.2, 0) is 10.0 Å². The first-order chi connectivity index (χ1) is 12.3. The topological polar surface area (TPSA) is 75.5 Å². The molecule has 0 N–H and O–H groups in total. The largest absolute Gasteiger partial charge is 0.354 e. The van der Waals surface area contributed by atoms with E-state index in [2.05, 4.69) is 5.10 Å². The maximum absolute atomic E-state index is 12.3. The summed E-state index contributed by atoms with van der Waals surface area (Å²) in [6.45, 7) is 6.20. The molecule has 0 spiro atoms. The molecule has 8 heteroatoms. The van der Waals surface area contributed by atoms with Crippen LogP contribution in [-0.4, -0.2) is 54.9 Å². The SMILES string of the molecule is Cc1ccc(-n2nc(N3CCCN(S(C)(=O)=O)CC3)ccc2=O)cc1C. The van der Waals surface area contributed by atoms with Crippen molar-refractivity contribution in [2.75, 3.05) is 37.3 Å². The van der Waals surface area contributed by atoms with Crippen LogP contribution in [0.1, 0.15) is 17.5 Å². The Bertz CT molecular complexity index is 969. The van der Waals surface area contributed by atoms with E-state index >= 15 is 0 Å². The second-order valence-corrected chi connectivity index (χ2v) is 8.70. The van der Waals surface area contributed by atoms with Gasteiger partial charge in [0.05, 0.1) is 11.9 Å². The Hall–Kier alpha value is -2.19. The summed E-state index contributed by atoms with van der Waals surface area (Å²) in [7, 11) is -3.19. The highest BCUT2D eigenvalue weighted by atomic mass is 32.2. The van der Waals surface area contributed by atoms with Crippen molar-refractivity contribution < 1.29 is 8.42 Å². The van der Waals surface area contributed by atoms with Gasteiger partial charge in [0.2, 0.25) is 10.0 Å². The van der Waals surface area contributed by atoms with Gasteiger partial charge in [-0.15, -0.1) is 5.10 Å². The highest BCUT2D eigenvalue weighted by Crippen LogP contribution is 2.16. The molecule has 140 valence electrons. The van der Waals surface area contributed by atoms with Gasteiger partial charge in [-0.1, -0.05) is 6.07 Å². The molecular formula is C18H24N4O3S. The molecule has 0 amide bonds.